The molecular weight excluding hydrogens is 590 g/mol. The van der Waals surface area contributed by atoms with Gasteiger partial charge in [0.15, 0.2) is 5.69 Å². The van der Waals surface area contributed by atoms with Gasteiger partial charge >= 0.3 is 11.9 Å². The van der Waals surface area contributed by atoms with Gasteiger partial charge in [-0.3, -0.25) is 14.4 Å². The SMILES string of the molecule is CC1=C\[C@@H](OC(=O)c2ccccc2)CC(=O)Cc2nc(co2)C(=O)N2CCC=C2C(=O)OC(C(C)C)[C@H](C)/C=C/C(=O)NC\C=C\1. The number of ether oxygens (including phenoxy) is 2. The number of hydrogen-bond acceptors (Lipinski definition) is 9. The van der Waals surface area contributed by atoms with E-state index in [1.807, 2.05) is 20.8 Å². The van der Waals surface area contributed by atoms with E-state index in [0.29, 0.717) is 17.6 Å². The van der Waals surface area contributed by atoms with Crippen LogP contribution in [0.4, 0.5) is 0 Å². The van der Waals surface area contributed by atoms with Crippen molar-refractivity contribution in [1.29, 1.82) is 0 Å². The van der Waals surface area contributed by atoms with Gasteiger partial charge in [-0.25, -0.2) is 14.6 Å². The van der Waals surface area contributed by atoms with Crippen molar-refractivity contribution in [3.8, 4) is 0 Å². The lowest BCUT2D eigenvalue weighted by Gasteiger charge is -2.27. The molecule has 11 nitrogen and oxygen atoms in total. The first-order valence-electron chi connectivity index (χ1n) is 15.3. The Kier molecular flexibility index (Phi) is 11.6. The lowest BCUT2D eigenvalue weighted by Crippen LogP contribution is -2.36. The highest BCUT2D eigenvalue weighted by Crippen LogP contribution is 2.25. The third kappa shape index (κ3) is 9.23. The summed E-state index contributed by atoms with van der Waals surface area (Å²) in [6.07, 6.45) is 9.59. The van der Waals surface area contributed by atoms with E-state index >= 15 is 0 Å². The average Bonchev–Trinajstić information content (AvgIpc) is 3.70. The van der Waals surface area contributed by atoms with Gasteiger partial charge in [-0.2, -0.15) is 0 Å². The number of hydrogen-bond donors (Lipinski definition) is 1. The van der Waals surface area contributed by atoms with Crippen LogP contribution in [-0.2, 0) is 30.3 Å². The quantitative estimate of drug-likeness (QED) is 0.484. The minimum atomic E-state index is -0.904. The number of carbonyl (C=O) groups excluding carboxylic acids is 5. The van der Waals surface area contributed by atoms with E-state index in [1.54, 1.807) is 67.6 Å². The fourth-order valence-electron chi connectivity index (χ4n) is 5.17. The molecule has 242 valence electrons. The summed E-state index contributed by atoms with van der Waals surface area (Å²) in [6, 6.07) is 8.43. The van der Waals surface area contributed by atoms with E-state index < -0.39 is 30.1 Å². The molecule has 11 heteroatoms. The Bertz CT molecular complexity index is 1570. The van der Waals surface area contributed by atoms with E-state index in [9.17, 15) is 24.0 Å². The van der Waals surface area contributed by atoms with Crippen LogP contribution in [0.3, 0.4) is 0 Å². The molecule has 2 bridgehead atoms. The maximum atomic E-state index is 13.4. The second kappa shape index (κ2) is 15.8. The first-order chi connectivity index (χ1) is 22.0. The Hall–Kier alpha value is -5.06. The molecule has 1 N–H and O–H groups in total. The summed E-state index contributed by atoms with van der Waals surface area (Å²) in [6.45, 7) is 7.93. The number of nitrogens with one attached hydrogen (secondary N) is 1. The Labute approximate surface area is 268 Å². The number of cyclic esters (lactones) is 1. The normalized spacial score (nSPS) is 24.6. The third-order valence-electron chi connectivity index (χ3n) is 7.44. The molecule has 0 radical (unpaired) electrons. The number of fused-ring (bicyclic) bond motifs is 3. The Morgan fingerprint density at radius 1 is 1.11 bits per heavy atom. The molecule has 1 aromatic carbocycles. The highest BCUT2D eigenvalue weighted by molar-refractivity contribution is 6.00. The number of allylic oxidation sites excluding steroid dienone is 2. The van der Waals surface area contributed by atoms with Crippen molar-refractivity contribution >= 4 is 29.5 Å². The molecule has 2 aromatic rings. The number of Topliss-reactive ketones (excluding diaryl/α,β-unsaturated/α-hetero) is 1. The number of rotatable bonds is 3. The molecule has 3 atom stereocenters. The summed E-state index contributed by atoms with van der Waals surface area (Å²) in [5, 5.41) is 2.77. The zero-order chi connectivity index (χ0) is 33.2. The van der Waals surface area contributed by atoms with Crippen molar-refractivity contribution in [3.63, 3.8) is 0 Å². The number of oxazole rings is 1. The fourth-order valence-corrected chi connectivity index (χ4v) is 5.17. The third-order valence-corrected chi connectivity index (χ3v) is 7.44. The zero-order valence-corrected chi connectivity index (χ0v) is 26.4. The predicted octanol–water partition coefficient (Wildman–Crippen LogP) is 4.52. The lowest BCUT2D eigenvalue weighted by atomic mass is 9.94. The van der Waals surface area contributed by atoms with Crippen LogP contribution in [0, 0.1) is 11.8 Å². The smallest absolute Gasteiger partial charge is 0.355 e. The van der Waals surface area contributed by atoms with Crippen LogP contribution in [0.5, 0.6) is 0 Å². The molecule has 0 spiro atoms. The van der Waals surface area contributed by atoms with E-state index in [1.165, 1.54) is 11.0 Å². The van der Waals surface area contributed by atoms with E-state index in [0.717, 1.165) is 6.26 Å². The van der Waals surface area contributed by atoms with Crippen LogP contribution in [-0.4, -0.2) is 64.7 Å². The molecule has 1 aromatic heterocycles. The topological polar surface area (TPSA) is 145 Å². The maximum absolute atomic E-state index is 13.4. The Balaban J connectivity index is 1.60. The fraction of sp³-hybridized carbons (Fsp3) is 0.371. The van der Waals surface area contributed by atoms with Gasteiger partial charge in [0.05, 0.1) is 12.0 Å². The van der Waals surface area contributed by atoms with Gasteiger partial charge in [0.2, 0.25) is 11.8 Å². The van der Waals surface area contributed by atoms with Gasteiger partial charge in [0.1, 0.15) is 30.0 Å². The summed E-state index contributed by atoms with van der Waals surface area (Å²) in [5.74, 6) is -2.82. The summed E-state index contributed by atoms with van der Waals surface area (Å²) in [7, 11) is 0. The molecule has 0 saturated carbocycles. The number of ketones is 1. The van der Waals surface area contributed by atoms with Gasteiger partial charge in [-0.05, 0) is 43.5 Å². The number of nitrogens with zero attached hydrogens (tertiary/aromatic N) is 2. The van der Waals surface area contributed by atoms with Crippen molar-refractivity contribution in [2.75, 3.05) is 13.1 Å². The monoisotopic (exact) mass is 629 g/mol. The van der Waals surface area contributed by atoms with Gasteiger partial charge in [-0.15, -0.1) is 0 Å². The van der Waals surface area contributed by atoms with Gasteiger partial charge < -0.3 is 24.1 Å². The Morgan fingerprint density at radius 3 is 2.61 bits per heavy atom. The molecule has 1 unspecified atom stereocenters. The lowest BCUT2D eigenvalue weighted by molar-refractivity contribution is -0.149. The molecule has 4 rings (SSSR count). The number of amides is 2. The van der Waals surface area contributed by atoms with Crippen molar-refractivity contribution < 1.29 is 37.9 Å². The maximum Gasteiger partial charge on any atom is 0.355 e. The second-order valence-corrected chi connectivity index (χ2v) is 11.6. The highest BCUT2D eigenvalue weighted by atomic mass is 16.5. The first kappa shape index (κ1) is 33.8. The van der Waals surface area contributed by atoms with Crippen LogP contribution in [0.25, 0.3) is 0 Å². The van der Waals surface area contributed by atoms with E-state index in [2.05, 4.69) is 10.3 Å². The number of carbonyl (C=O) groups is 5. The average molecular weight is 630 g/mol. The van der Waals surface area contributed by atoms with Crippen LogP contribution in [0.1, 0.15) is 67.3 Å². The predicted molar refractivity (Wildman–Crippen MR) is 168 cm³/mol. The summed E-state index contributed by atoms with van der Waals surface area (Å²) in [5.41, 5.74) is 1.08. The van der Waals surface area contributed by atoms with Gasteiger partial charge in [-0.1, -0.05) is 68.8 Å². The first-order valence-corrected chi connectivity index (χ1v) is 15.3. The van der Waals surface area contributed by atoms with Crippen molar-refractivity contribution in [2.24, 2.45) is 11.8 Å². The number of benzene rings is 1. The minimum Gasteiger partial charge on any atom is -0.457 e. The highest BCUT2D eigenvalue weighted by Gasteiger charge is 2.33. The molecule has 2 aliphatic heterocycles. The standard InChI is InChI=1S/C35H39N3O8/c1-22(2)32-24(4)14-15-30(40)36-16-8-10-23(3)18-27(45-34(42)25-11-6-5-7-12-25)19-26(39)20-31-37-28(21-44-31)33(41)38-17-9-13-29(38)35(43)46-32/h5-8,10-15,18,21-22,24,27,32H,9,16-17,19-20H2,1-4H3,(H,36,40)/b10-8+,15-14+,23-18+/t24-,27-,32?/m1/s1. The second-order valence-electron chi connectivity index (χ2n) is 11.6. The largest absolute Gasteiger partial charge is 0.457 e. The van der Waals surface area contributed by atoms with Crippen molar-refractivity contribution in [3.05, 3.63) is 101 Å². The van der Waals surface area contributed by atoms with Crippen molar-refractivity contribution in [1.82, 2.24) is 15.2 Å². The Morgan fingerprint density at radius 2 is 1.87 bits per heavy atom. The molecule has 3 heterocycles. The molecular formula is C35H39N3O8. The van der Waals surface area contributed by atoms with Gasteiger partial charge in [0.25, 0.3) is 5.91 Å². The van der Waals surface area contributed by atoms with Crippen LogP contribution < -0.4 is 5.32 Å². The summed E-state index contributed by atoms with van der Waals surface area (Å²) in [4.78, 5) is 70.5. The molecule has 2 amide bonds. The minimum absolute atomic E-state index is 0.0176. The molecule has 2 aliphatic rings. The number of esters is 2. The molecule has 0 fully saturated rings. The summed E-state index contributed by atoms with van der Waals surface area (Å²) < 4.78 is 17.0. The molecule has 0 saturated heterocycles. The van der Waals surface area contributed by atoms with Crippen LogP contribution in [0.15, 0.2) is 88.7 Å². The van der Waals surface area contributed by atoms with Crippen LogP contribution in [0.2, 0.25) is 0 Å². The van der Waals surface area contributed by atoms with E-state index in [-0.39, 0.29) is 66.7 Å². The van der Waals surface area contributed by atoms with Crippen molar-refractivity contribution in [2.45, 2.75) is 59.2 Å². The van der Waals surface area contributed by atoms with Crippen LogP contribution >= 0.6 is 0 Å². The van der Waals surface area contributed by atoms with Gasteiger partial charge in [0, 0.05) is 25.4 Å². The summed E-state index contributed by atoms with van der Waals surface area (Å²) >= 11 is 0. The molecule has 46 heavy (non-hydrogen) atoms. The number of aromatic nitrogens is 1. The van der Waals surface area contributed by atoms with E-state index in [4.69, 9.17) is 13.9 Å². The molecule has 0 aliphatic carbocycles. The zero-order valence-electron chi connectivity index (χ0n) is 26.4.